The van der Waals surface area contributed by atoms with Gasteiger partial charge in [-0.25, -0.2) is 4.39 Å². The lowest BCUT2D eigenvalue weighted by atomic mass is 10.2. The van der Waals surface area contributed by atoms with E-state index in [-0.39, 0.29) is 9.41 Å². The van der Waals surface area contributed by atoms with E-state index in [9.17, 15) is 4.39 Å². The van der Waals surface area contributed by atoms with Crippen LogP contribution in [0.3, 0.4) is 0 Å². The number of anilines is 1. The molecule has 0 spiro atoms. The van der Waals surface area contributed by atoms with Crippen molar-refractivity contribution in [2.24, 2.45) is 0 Å². The van der Waals surface area contributed by atoms with Gasteiger partial charge in [-0.1, -0.05) is 12.1 Å². The Morgan fingerprint density at radius 1 is 1.55 bits per heavy atom. The first-order valence-electron chi connectivity index (χ1n) is 2.91. The van der Waals surface area contributed by atoms with Gasteiger partial charge in [0.15, 0.2) is 0 Å². The monoisotopic (exact) mass is 264 g/mol. The molecule has 2 nitrogen and oxygen atoms in total. The highest BCUT2D eigenvalue weighted by Gasteiger charge is 2.05. The Morgan fingerprint density at radius 3 is 2.64 bits per heavy atom. The number of rotatable bonds is 1. The van der Waals surface area contributed by atoms with Gasteiger partial charge in [-0.15, -0.1) is 0 Å². The summed E-state index contributed by atoms with van der Waals surface area (Å²) in [5.41, 5.74) is 5.86. The van der Waals surface area contributed by atoms with Crippen molar-refractivity contribution < 1.29 is 4.39 Å². The van der Waals surface area contributed by atoms with Crippen LogP contribution in [0.1, 0.15) is 5.56 Å². The van der Waals surface area contributed by atoms with E-state index in [1.54, 1.807) is 28.7 Å². The Kier molecular flexibility index (Phi) is 2.43. The van der Waals surface area contributed by atoms with Crippen molar-refractivity contribution in [2.75, 3.05) is 5.73 Å². The molecular weight excluding hydrogens is 258 g/mol. The number of nitrogens with two attached hydrogens (primary N) is 1. The van der Waals surface area contributed by atoms with Crippen LogP contribution in [0, 0.1) is 11.2 Å². The normalized spacial score (nSPS) is 9.64. The summed E-state index contributed by atoms with van der Waals surface area (Å²) < 4.78 is 13.0. The van der Waals surface area contributed by atoms with Crippen LogP contribution in [-0.4, -0.2) is 3.72 Å². The predicted octanol–water partition coefficient (Wildman–Crippen LogP) is 2.17. The van der Waals surface area contributed by atoms with Crippen molar-refractivity contribution in [3.8, 4) is 0 Å². The first-order chi connectivity index (χ1) is 5.13. The zero-order valence-electron chi connectivity index (χ0n) is 5.57. The lowest BCUT2D eigenvalue weighted by Gasteiger charge is -2.01. The fraction of sp³-hybridized carbons (Fsp3) is 0. The standard InChI is InChI=1S/C7H6FIN2/c8-5-3-1-2-4(6(5)10)7(9)11/h1-3,11H,10H2. The highest BCUT2D eigenvalue weighted by atomic mass is 127. The lowest BCUT2D eigenvalue weighted by Crippen LogP contribution is -1.99. The average molecular weight is 264 g/mol. The molecule has 0 atom stereocenters. The maximum Gasteiger partial charge on any atom is 0.146 e. The third kappa shape index (κ3) is 1.68. The highest BCUT2D eigenvalue weighted by molar-refractivity contribution is 14.1. The summed E-state index contributed by atoms with van der Waals surface area (Å²) in [6, 6.07) is 4.43. The van der Waals surface area contributed by atoms with Crippen molar-refractivity contribution in [1.29, 1.82) is 5.41 Å². The predicted molar refractivity (Wildman–Crippen MR) is 51.7 cm³/mol. The number of hydrogen-bond acceptors (Lipinski definition) is 2. The van der Waals surface area contributed by atoms with Crippen molar-refractivity contribution in [2.45, 2.75) is 0 Å². The fourth-order valence-electron chi connectivity index (χ4n) is 0.728. The molecule has 0 aliphatic rings. The van der Waals surface area contributed by atoms with E-state index in [2.05, 4.69) is 0 Å². The van der Waals surface area contributed by atoms with E-state index >= 15 is 0 Å². The van der Waals surface area contributed by atoms with Gasteiger partial charge in [-0.05, 0) is 28.7 Å². The second kappa shape index (κ2) is 3.17. The Balaban J connectivity index is 3.27. The highest BCUT2D eigenvalue weighted by Crippen LogP contribution is 2.18. The molecule has 0 aliphatic heterocycles. The summed E-state index contributed by atoms with van der Waals surface area (Å²) >= 11 is 1.79. The van der Waals surface area contributed by atoms with Gasteiger partial charge < -0.3 is 5.73 Å². The molecule has 58 valence electrons. The number of hydrogen-bond donors (Lipinski definition) is 2. The first kappa shape index (κ1) is 8.45. The zero-order valence-corrected chi connectivity index (χ0v) is 7.72. The molecule has 1 aromatic rings. The van der Waals surface area contributed by atoms with Crippen LogP contribution >= 0.6 is 22.6 Å². The number of nitrogens with one attached hydrogen (secondary N) is 1. The second-order valence-corrected chi connectivity index (χ2v) is 3.09. The van der Waals surface area contributed by atoms with E-state index in [1.807, 2.05) is 0 Å². The van der Waals surface area contributed by atoms with Gasteiger partial charge in [0.25, 0.3) is 0 Å². The quantitative estimate of drug-likeness (QED) is 0.456. The van der Waals surface area contributed by atoms with Crippen molar-refractivity contribution in [1.82, 2.24) is 0 Å². The van der Waals surface area contributed by atoms with Crippen LogP contribution in [0.4, 0.5) is 10.1 Å². The molecule has 0 saturated carbocycles. The Labute approximate surface area is 77.2 Å². The Morgan fingerprint density at radius 2 is 2.18 bits per heavy atom. The molecule has 0 aromatic heterocycles. The van der Waals surface area contributed by atoms with E-state index in [0.717, 1.165) is 0 Å². The number of benzene rings is 1. The van der Waals surface area contributed by atoms with Crippen LogP contribution in [0.15, 0.2) is 18.2 Å². The Hall–Kier alpha value is -0.650. The molecule has 0 bridgehead atoms. The van der Waals surface area contributed by atoms with Crippen molar-refractivity contribution in [3.05, 3.63) is 29.6 Å². The SMILES string of the molecule is N=C(I)c1cccc(F)c1N. The van der Waals surface area contributed by atoms with Gasteiger partial charge in [-0.3, -0.25) is 5.41 Å². The van der Waals surface area contributed by atoms with Crippen LogP contribution in [0.25, 0.3) is 0 Å². The Bertz CT molecular complexity index is 298. The van der Waals surface area contributed by atoms with Crippen LogP contribution in [-0.2, 0) is 0 Å². The lowest BCUT2D eigenvalue weighted by molar-refractivity contribution is 0.632. The van der Waals surface area contributed by atoms with Gasteiger partial charge in [0.05, 0.1) is 5.69 Å². The third-order valence-corrected chi connectivity index (χ3v) is 1.87. The minimum absolute atomic E-state index is 0.0481. The number of para-hydroxylation sites is 1. The van der Waals surface area contributed by atoms with Gasteiger partial charge in [0, 0.05) is 5.56 Å². The van der Waals surface area contributed by atoms with Crippen molar-refractivity contribution >= 4 is 32.0 Å². The molecule has 4 heteroatoms. The molecule has 0 amide bonds. The second-order valence-electron chi connectivity index (χ2n) is 2.02. The van der Waals surface area contributed by atoms with Crippen molar-refractivity contribution in [3.63, 3.8) is 0 Å². The molecule has 0 aliphatic carbocycles. The molecule has 1 rings (SSSR count). The average Bonchev–Trinajstić information content (AvgIpc) is 1.94. The van der Waals surface area contributed by atoms with Gasteiger partial charge >= 0.3 is 0 Å². The minimum atomic E-state index is -0.469. The van der Waals surface area contributed by atoms with E-state index in [0.29, 0.717) is 5.56 Å². The minimum Gasteiger partial charge on any atom is -0.396 e. The summed E-state index contributed by atoms with van der Waals surface area (Å²) in [4.78, 5) is 0. The molecule has 0 saturated heterocycles. The maximum atomic E-state index is 12.7. The number of nitrogen functional groups attached to an aromatic ring is 1. The fourth-order valence-corrected chi connectivity index (χ4v) is 1.20. The summed E-state index contributed by atoms with van der Waals surface area (Å²) in [6.07, 6.45) is 0. The van der Waals surface area contributed by atoms with Crippen LogP contribution in [0.2, 0.25) is 0 Å². The smallest absolute Gasteiger partial charge is 0.146 e. The van der Waals surface area contributed by atoms with E-state index in [1.165, 1.54) is 12.1 Å². The molecule has 0 unspecified atom stereocenters. The first-order valence-corrected chi connectivity index (χ1v) is 3.99. The molecule has 0 radical (unpaired) electrons. The number of halogens is 2. The molecule has 1 aromatic carbocycles. The molecule has 0 fully saturated rings. The van der Waals surface area contributed by atoms with Crippen LogP contribution in [0.5, 0.6) is 0 Å². The molecule has 3 N–H and O–H groups in total. The molecular formula is C7H6FIN2. The summed E-state index contributed by atoms with van der Waals surface area (Å²) in [6.45, 7) is 0. The molecule has 11 heavy (non-hydrogen) atoms. The summed E-state index contributed by atoms with van der Waals surface area (Å²) in [5.74, 6) is -0.469. The largest absolute Gasteiger partial charge is 0.396 e. The van der Waals surface area contributed by atoms with Gasteiger partial charge in [-0.2, -0.15) is 0 Å². The topological polar surface area (TPSA) is 49.9 Å². The van der Waals surface area contributed by atoms with E-state index in [4.69, 9.17) is 11.1 Å². The van der Waals surface area contributed by atoms with Gasteiger partial charge in [0.1, 0.15) is 9.54 Å². The zero-order chi connectivity index (χ0) is 8.43. The maximum absolute atomic E-state index is 12.7. The summed E-state index contributed by atoms with van der Waals surface area (Å²) in [7, 11) is 0. The van der Waals surface area contributed by atoms with E-state index < -0.39 is 5.82 Å². The van der Waals surface area contributed by atoms with Crippen LogP contribution < -0.4 is 5.73 Å². The third-order valence-electron chi connectivity index (χ3n) is 1.29. The summed E-state index contributed by atoms with van der Waals surface area (Å²) in [5, 5.41) is 7.21. The van der Waals surface area contributed by atoms with Gasteiger partial charge in [0.2, 0.25) is 0 Å². The molecule has 0 heterocycles.